The lowest BCUT2D eigenvalue weighted by molar-refractivity contribution is 0.0684. The summed E-state index contributed by atoms with van der Waals surface area (Å²) < 4.78 is 5.08. The van der Waals surface area contributed by atoms with E-state index in [0.717, 1.165) is 19.3 Å². The van der Waals surface area contributed by atoms with Crippen LogP contribution >= 0.6 is 0 Å². The molecule has 0 aromatic rings. The fraction of sp³-hybridized carbons (Fsp3) is 1.00. The van der Waals surface area contributed by atoms with Gasteiger partial charge in [0.25, 0.3) is 0 Å². The van der Waals surface area contributed by atoms with Crippen LogP contribution in [-0.2, 0) is 4.74 Å². The number of hydrogen-bond donors (Lipinski definition) is 3. The first kappa shape index (κ1) is 12.9. The second-order valence-corrected chi connectivity index (χ2v) is 4.29. The Kier molecular flexibility index (Phi) is 6.17. The predicted octanol–water partition coefficient (Wildman–Crippen LogP) is 0.277. The van der Waals surface area contributed by atoms with Crippen LogP contribution in [0.15, 0.2) is 0 Å². The first-order valence-electron chi connectivity index (χ1n) is 5.82. The van der Waals surface area contributed by atoms with Gasteiger partial charge in [-0.2, -0.15) is 0 Å². The molecule has 4 nitrogen and oxygen atoms in total. The first-order valence-corrected chi connectivity index (χ1v) is 5.82. The van der Waals surface area contributed by atoms with Gasteiger partial charge < -0.3 is 20.3 Å². The van der Waals surface area contributed by atoms with E-state index in [-0.39, 0.29) is 24.8 Å². The van der Waals surface area contributed by atoms with Crippen molar-refractivity contribution in [1.29, 1.82) is 0 Å². The highest BCUT2D eigenvalue weighted by Gasteiger charge is 2.24. The largest absolute Gasteiger partial charge is 0.396 e. The molecule has 0 spiro atoms. The van der Waals surface area contributed by atoms with Crippen molar-refractivity contribution >= 4 is 0 Å². The molecule has 0 amide bonds. The van der Waals surface area contributed by atoms with E-state index in [1.165, 1.54) is 6.42 Å². The van der Waals surface area contributed by atoms with E-state index < -0.39 is 0 Å². The first-order chi connectivity index (χ1) is 7.27. The number of rotatable bonds is 6. The van der Waals surface area contributed by atoms with Crippen molar-refractivity contribution in [1.82, 2.24) is 5.32 Å². The third-order valence-electron chi connectivity index (χ3n) is 3.02. The van der Waals surface area contributed by atoms with Gasteiger partial charge in [-0.1, -0.05) is 12.8 Å². The molecule has 1 aliphatic carbocycles. The Labute approximate surface area is 91.6 Å². The van der Waals surface area contributed by atoms with Gasteiger partial charge in [0.05, 0.1) is 12.7 Å². The highest BCUT2D eigenvalue weighted by atomic mass is 16.5. The molecule has 1 fully saturated rings. The zero-order valence-corrected chi connectivity index (χ0v) is 9.48. The molecule has 0 saturated heterocycles. The van der Waals surface area contributed by atoms with Gasteiger partial charge in [0.2, 0.25) is 0 Å². The summed E-state index contributed by atoms with van der Waals surface area (Å²) in [5, 5.41) is 22.1. The van der Waals surface area contributed by atoms with Crippen LogP contribution in [0.4, 0.5) is 0 Å². The van der Waals surface area contributed by atoms with Crippen LogP contribution in [0.2, 0.25) is 0 Å². The molecule has 0 radical (unpaired) electrons. The molecule has 3 atom stereocenters. The van der Waals surface area contributed by atoms with Gasteiger partial charge in [-0.25, -0.2) is 0 Å². The smallest absolute Gasteiger partial charge is 0.0693 e. The van der Waals surface area contributed by atoms with E-state index in [4.69, 9.17) is 9.84 Å². The van der Waals surface area contributed by atoms with Gasteiger partial charge in [-0.05, 0) is 19.3 Å². The third kappa shape index (κ3) is 4.47. The molecule has 1 saturated carbocycles. The van der Waals surface area contributed by atoms with E-state index >= 15 is 0 Å². The second kappa shape index (κ2) is 7.17. The zero-order chi connectivity index (χ0) is 11.1. The Balaban J connectivity index is 2.33. The molecule has 0 heterocycles. The number of aliphatic hydroxyl groups excluding tert-OH is 2. The van der Waals surface area contributed by atoms with E-state index in [1.54, 1.807) is 7.11 Å². The molecule has 15 heavy (non-hydrogen) atoms. The second-order valence-electron chi connectivity index (χ2n) is 4.29. The normalized spacial score (nSPS) is 29.0. The summed E-state index contributed by atoms with van der Waals surface area (Å²) in [6.07, 6.45) is 4.64. The Morgan fingerprint density at radius 2 is 2.13 bits per heavy atom. The van der Waals surface area contributed by atoms with E-state index in [2.05, 4.69) is 5.32 Å². The third-order valence-corrected chi connectivity index (χ3v) is 3.02. The van der Waals surface area contributed by atoms with Crippen LogP contribution < -0.4 is 5.32 Å². The van der Waals surface area contributed by atoms with E-state index in [9.17, 15) is 5.11 Å². The summed E-state index contributed by atoms with van der Waals surface area (Å²) in [6, 6.07) is 0.322. The maximum atomic E-state index is 9.79. The molecule has 0 bridgehead atoms. The maximum Gasteiger partial charge on any atom is 0.0693 e. The molecule has 90 valence electrons. The quantitative estimate of drug-likeness (QED) is 0.598. The summed E-state index contributed by atoms with van der Waals surface area (Å²) in [5.74, 6) is 0. The highest BCUT2D eigenvalue weighted by molar-refractivity contribution is 4.83. The molecule has 0 aliphatic heterocycles. The van der Waals surface area contributed by atoms with Crippen LogP contribution in [0, 0.1) is 0 Å². The zero-order valence-electron chi connectivity index (χ0n) is 9.48. The molecule has 1 rings (SSSR count). The van der Waals surface area contributed by atoms with Crippen molar-refractivity contribution in [3.8, 4) is 0 Å². The van der Waals surface area contributed by atoms with Crippen LogP contribution in [0.3, 0.4) is 0 Å². The lowest BCUT2D eigenvalue weighted by Gasteiger charge is -2.32. The van der Waals surface area contributed by atoms with Crippen LogP contribution in [0.1, 0.15) is 32.1 Å². The lowest BCUT2D eigenvalue weighted by atomic mass is 9.92. The summed E-state index contributed by atoms with van der Waals surface area (Å²) in [4.78, 5) is 0. The average Bonchev–Trinajstić information content (AvgIpc) is 2.22. The molecule has 4 heteroatoms. The molecule has 0 aromatic heterocycles. The number of hydrogen-bond acceptors (Lipinski definition) is 4. The molecule has 1 unspecified atom stereocenters. The number of ether oxygens (including phenoxy) is 1. The fourth-order valence-corrected chi connectivity index (χ4v) is 2.18. The van der Waals surface area contributed by atoms with Gasteiger partial charge >= 0.3 is 0 Å². The van der Waals surface area contributed by atoms with Crippen molar-refractivity contribution in [2.75, 3.05) is 20.3 Å². The number of methoxy groups -OCH3 is 1. The SMILES string of the molecule is COCC(CCO)N[C@@H]1CCCC[C@H]1O. The van der Waals surface area contributed by atoms with Crippen LogP contribution in [0.5, 0.6) is 0 Å². The Morgan fingerprint density at radius 3 is 2.73 bits per heavy atom. The van der Waals surface area contributed by atoms with E-state index in [1.807, 2.05) is 0 Å². The van der Waals surface area contributed by atoms with Crippen molar-refractivity contribution in [3.63, 3.8) is 0 Å². The van der Waals surface area contributed by atoms with Gasteiger partial charge in [-0.3, -0.25) is 0 Å². The van der Waals surface area contributed by atoms with Crippen LogP contribution in [0.25, 0.3) is 0 Å². The van der Waals surface area contributed by atoms with Gasteiger partial charge in [-0.15, -0.1) is 0 Å². The van der Waals surface area contributed by atoms with Gasteiger partial charge in [0, 0.05) is 25.8 Å². The summed E-state index contributed by atoms with van der Waals surface area (Å²) >= 11 is 0. The summed E-state index contributed by atoms with van der Waals surface area (Å²) in [7, 11) is 1.66. The Morgan fingerprint density at radius 1 is 1.40 bits per heavy atom. The molecular formula is C11H23NO3. The fourth-order valence-electron chi connectivity index (χ4n) is 2.18. The van der Waals surface area contributed by atoms with Crippen molar-refractivity contribution in [2.45, 2.75) is 50.3 Å². The lowest BCUT2D eigenvalue weighted by Crippen LogP contribution is -2.48. The van der Waals surface area contributed by atoms with Crippen molar-refractivity contribution in [2.24, 2.45) is 0 Å². The molecular weight excluding hydrogens is 194 g/mol. The number of nitrogens with one attached hydrogen (secondary N) is 1. The van der Waals surface area contributed by atoms with Gasteiger partial charge in [0.1, 0.15) is 0 Å². The van der Waals surface area contributed by atoms with Crippen LogP contribution in [-0.4, -0.2) is 48.7 Å². The topological polar surface area (TPSA) is 61.7 Å². The minimum absolute atomic E-state index is 0.151. The average molecular weight is 217 g/mol. The van der Waals surface area contributed by atoms with Crippen molar-refractivity contribution in [3.05, 3.63) is 0 Å². The van der Waals surface area contributed by atoms with Crippen molar-refractivity contribution < 1.29 is 14.9 Å². The van der Waals surface area contributed by atoms with Gasteiger partial charge in [0.15, 0.2) is 0 Å². The molecule has 1 aliphatic rings. The minimum Gasteiger partial charge on any atom is -0.396 e. The molecule has 3 N–H and O–H groups in total. The Bertz CT molecular complexity index is 160. The standard InChI is InChI=1S/C11H23NO3/c1-15-8-9(6-7-13)12-10-4-2-3-5-11(10)14/h9-14H,2-8H2,1H3/t9?,10-,11-/m1/s1. The Hall–Kier alpha value is -0.160. The number of aliphatic hydroxyl groups is 2. The monoisotopic (exact) mass is 217 g/mol. The predicted molar refractivity (Wildman–Crippen MR) is 58.8 cm³/mol. The molecule has 0 aromatic carbocycles. The maximum absolute atomic E-state index is 9.79. The minimum atomic E-state index is -0.239. The summed E-state index contributed by atoms with van der Waals surface area (Å²) in [6.45, 7) is 0.744. The highest BCUT2D eigenvalue weighted by Crippen LogP contribution is 2.19. The van der Waals surface area contributed by atoms with E-state index in [0.29, 0.717) is 13.0 Å². The summed E-state index contributed by atoms with van der Waals surface area (Å²) in [5.41, 5.74) is 0.